The van der Waals surface area contributed by atoms with Crippen molar-refractivity contribution in [2.75, 3.05) is 4.72 Å². The van der Waals surface area contributed by atoms with Gasteiger partial charge in [-0.25, -0.2) is 8.42 Å². The van der Waals surface area contributed by atoms with Gasteiger partial charge in [0.2, 0.25) is 0 Å². The molecule has 0 atom stereocenters. The van der Waals surface area contributed by atoms with Gasteiger partial charge in [-0.1, -0.05) is 11.6 Å². The Labute approximate surface area is 133 Å². The van der Waals surface area contributed by atoms with E-state index in [0.717, 1.165) is 12.3 Å². The fourth-order valence-corrected chi connectivity index (χ4v) is 3.38. The standard InChI is InChI=1S/C12H7BrClN3O3S/c13-9-3-7(5-15)1-2-11(9)17-21(19,20)8-4-10(14)12(18)16-6-8/h1-4,6,17H,(H,16,18). The molecule has 0 aliphatic carbocycles. The second kappa shape index (κ2) is 5.89. The molecule has 2 N–H and O–H groups in total. The summed E-state index contributed by atoms with van der Waals surface area (Å²) in [6.45, 7) is 0. The van der Waals surface area contributed by atoms with Crippen LogP contribution in [0, 0.1) is 11.3 Å². The van der Waals surface area contributed by atoms with Crippen LogP contribution in [0.1, 0.15) is 5.56 Å². The van der Waals surface area contributed by atoms with E-state index in [9.17, 15) is 13.2 Å². The number of nitriles is 1. The average Bonchev–Trinajstić information content (AvgIpc) is 2.43. The number of benzene rings is 1. The summed E-state index contributed by atoms with van der Waals surface area (Å²) in [6, 6.07) is 7.40. The molecule has 1 aromatic heterocycles. The first-order valence-corrected chi connectivity index (χ1v) is 8.09. The molecule has 0 unspecified atom stereocenters. The maximum Gasteiger partial charge on any atom is 0.266 e. The largest absolute Gasteiger partial charge is 0.326 e. The van der Waals surface area contributed by atoms with Crippen LogP contribution in [-0.2, 0) is 10.0 Å². The molecule has 0 aliphatic heterocycles. The molecule has 0 radical (unpaired) electrons. The second-order valence-corrected chi connectivity index (χ2v) is 6.87. The van der Waals surface area contributed by atoms with Crippen molar-refractivity contribution >= 4 is 43.2 Å². The highest BCUT2D eigenvalue weighted by atomic mass is 79.9. The van der Waals surface area contributed by atoms with Crippen LogP contribution in [0.3, 0.4) is 0 Å². The number of halogens is 2. The lowest BCUT2D eigenvalue weighted by Crippen LogP contribution is -2.16. The molecular formula is C12H7BrClN3O3S. The minimum Gasteiger partial charge on any atom is -0.326 e. The van der Waals surface area contributed by atoms with Crippen LogP contribution < -0.4 is 10.3 Å². The van der Waals surface area contributed by atoms with Gasteiger partial charge >= 0.3 is 0 Å². The fourth-order valence-electron chi connectivity index (χ4n) is 1.46. The first-order chi connectivity index (χ1) is 9.83. The lowest BCUT2D eigenvalue weighted by atomic mass is 10.2. The van der Waals surface area contributed by atoms with Gasteiger partial charge in [0, 0.05) is 10.7 Å². The van der Waals surface area contributed by atoms with Gasteiger partial charge in [0.15, 0.2) is 0 Å². The summed E-state index contributed by atoms with van der Waals surface area (Å²) in [6.07, 6.45) is 1.05. The van der Waals surface area contributed by atoms with Crippen LogP contribution in [0.4, 0.5) is 5.69 Å². The minimum absolute atomic E-state index is 0.177. The zero-order valence-corrected chi connectivity index (χ0v) is 13.4. The first-order valence-electron chi connectivity index (χ1n) is 5.44. The van der Waals surface area contributed by atoms with E-state index >= 15 is 0 Å². The Balaban J connectivity index is 2.40. The number of nitrogens with one attached hydrogen (secondary N) is 2. The molecule has 6 nitrogen and oxygen atoms in total. The number of aromatic nitrogens is 1. The van der Waals surface area contributed by atoms with Crippen molar-refractivity contribution in [3.8, 4) is 6.07 Å². The monoisotopic (exact) mass is 387 g/mol. The van der Waals surface area contributed by atoms with E-state index in [1.807, 2.05) is 6.07 Å². The molecule has 1 heterocycles. The zero-order chi connectivity index (χ0) is 15.6. The number of nitrogens with zero attached hydrogens (tertiary/aromatic N) is 1. The highest BCUT2D eigenvalue weighted by Crippen LogP contribution is 2.26. The molecule has 108 valence electrons. The number of pyridine rings is 1. The van der Waals surface area contributed by atoms with Crippen molar-refractivity contribution < 1.29 is 8.42 Å². The summed E-state index contributed by atoms with van der Waals surface area (Å²) in [4.78, 5) is 13.2. The van der Waals surface area contributed by atoms with E-state index in [-0.39, 0.29) is 15.6 Å². The Kier molecular flexibility index (Phi) is 4.37. The number of sulfonamides is 1. The topological polar surface area (TPSA) is 103 Å². The fraction of sp³-hybridized carbons (Fsp3) is 0. The molecular weight excluding hydrogens is 382 g/mol. The Bertz CT molecular complexity index is 903. The number of aromatic amines is 1. The summed E-state index contributed by atoms with van der Waals surface area (Å²) in [7, 11) is -3.91. The van der Waals surface area contributed by atoms with Crippen LogP contribution in [-0.4, -0.2) is 13.4 Å². The lowest BCUT2D eigenvalue weighted by molar-refractivity contribution is 0.600. The molecule has 1 aromatic carbocycles. The Morgan fingerprint density at radius 1 is 1.33 bits per heavy atom. The predicted molar refractivity (Wildman–Crippen MR) is 81.7 cm³/mol. The van der Waals surface area contributed by atoms with Gasteiger partial charge in [0.25, 0.3) is 15.6 Å². The third-order valence-electron chi connectivity index (χ3n) is 2.48. The van der Waals surface area contributed by atoms with Crippen LogP contribution in [0.5, 0.6) is 0 Å². The van der Waals surface area contributed by atoms with Crippen molar-refractivity contribution in [1.82, 2.24) is 4.98 Å². The van der Waals surface area contributed by atoms with Crippen LogP contribution >= 0.6 is 27.5 Å². The molecule has 0 bridgehead atoms. The third kappa shape index (κ3) is 3.44. The van der Waals surface area contributed by atoms with Gasteiger partial charge in [-0.05, 0) is 40.2 Å². The first kappa shape index (κ1) is 15.6. The van der Waals surface area contributed by atoms with Gasteiger partial charge < -0.3 is 4.98 Å². The lowest BCUT2D eigenvalue weighted by Gasteiger charge is -2.10. The molecule has 0 amide bonds. The molecule has 0 spiro atoms. The van der Waals surface area contributed by atoms with E-state index in [0.29, 0.717) is 10.0 Å². The van der Waals surface area contributed by atoms with E-state index in [1.54, 1.807) is 0 Å². The van der Waals surface area contributed by atoms with E-state index < -0.39 is 15.6 Å². The summed E-state index contributed by atoms with van der Waals surface area (Å²) < 4.78 is 27.1. The van der Waals surface area contributed by atoms with Gasteiger partial charge in [0.1, 0.15) is 9.92 Å². The average molecular weight is 389 g/mol. The van der Waals surface area contributed by atoms with Crippen LogP contribution in [0.15, 0.2) is 44.6 Å². The van der Waals surface area contributed by atoms with Gasteiger partial charge in [0.05, 0.1) is 17.3 Å². The molecule has 0 saturated heterocycles. The smallest absolute Gasteiger partial charge is 0.266 e. The highest BCUT2D eigenvalue weighted by Gasteiger charge is 2.17. The normalized spacial score (nSPS) is 10.9. The maximum atomic E-state index is 12.2. The van der Waals surface area contributed by atoms with Crippen molar-refractivity contribution in [3.05, 3.63) is 55.9 Å². The van der Waals surface area contributed by atoms with Crippen LogP contribution in [0.2, 0.25) is 5.02 Å². The molecule has 2 aromatic rings. The Morgan fingerprint density at radius 3 is 2.62 bits per heavy atom. The number of rotatable bonds is 3. The molecule has 0 fully saturated rings. The molecule has 2 rings (SSSR count). The van der Waals surface area contributed by atoms with Gasteiger partial charge in [-0.3, -0.25) is 9.52 Å². The third-order valence-corrected chi connectivity index (χ3v) is 4.77. The van der Waals surface area contributed by atoms with Gasteiger partial charge in [-0.2, -0.15) is 5.26 Å². The number of anilines is 1. The second-order valence-electron chi connectivity index (χ2n) is 3.92. The quantitative estimate of drug-likeness (QED) is 0.843. The highest BCUT2D eigenvalue weighted by molar-refractivity contribution is 9.10. The SMILES string of the molecule is N#Cc1ccc(NS(=O)(=O)c2c[nH]c(=O)c(Cl)c2)c(Br)c1. The van der Waals surface area contributed by atoms with E-state index in [1.165, 1.54) is 18.2 Å². The Hall–Kier alpha value is -1.82. The summed E-state index contributed by atoms with van der Waals surface area (Å²) in [5, 5.41) is 8.54. The van der Waals surface area contributed by atoms with E-state index in [4.69, 9.17) is 16.9 Å². The summed E-state index contributed by atoms with van der Waals surface area (Å²) in [5.74, 6) is 0. The molecule has 0 saturated carbocycles. The van der Waals surface area contributed by atoms with Crippen molar-refractivity contribution in [1.29, 1.82) is 5.26 Å². The van der Waals surface area contributed by atoms with Crippen molar-refractivity contribution in [2.24, 2.45) is 0 Å². The molecule has 0 aliphatic rings. The number of H-pyrrole nitrogens is 1. The van der Waals surface area contributed by atoms with Gasteiger partial charge in [-0.15, -0.1) is 0 Å². The zero-order valence-electron chi connectivity index (χ0n) is 10.2. The van der Waals surface area contributed by atoms with E-state index in [2.05, 4.69) is 25.6 Å². The maximum absolute atomic E-state index is 12.2. The van der Waals surface area contributed by atoms with Crippen LogP contribution in [0.25, 0.3) is 0 Å². The molecule has 21 heavy (non-hydrogen) atoms. The molecule has 9 heteroatoms. The summed E-state index contributed by atoms with van der Waals surface area (Å²) in [5.41, 5.74) is 0.0726. The van der Waals surface area contributed by atoms with Crippen molar-refractivity contribution in [3.63, 3.8) is 0 Å². The number of hydrogen-bond donors (Lipinski definition) is 2. The number of hydrogen-bond acceptors (Lipinski definition) is 4. The minimum atomic E-state index is -3.91. The Morgan fingerprint density at radius 2 is 2.05 bits per heavy atom. The van der Waals surface area contributed by atoms with Crippen molar-refractivity contribution in [2.45, 2.75) is 4.90 Å². The predicted octanol–water partition coefficient (Wildman–Crippen LogP) is 2.46. The summed E-state index contributed by atoms with van der Waals surface area (Å²) >= 11 is 8.79.